The molecule has 3 rings (SSSR count). The number of pyridine rings is 1. The van der Waals surface area contributed by atoms with Crippen molar-refractivity contribution >= 4 is 42.2 Å². The summed E-state index contributed by atoms with van der Waals surface area (Å²) in [5.41, 5.74) is 1.82. The predicted molar refractivity (Wildman–Crippen MR) is 78.3 cm³/mol. The minimum absolute atomic E-state index is 0.202. The Labute approximate surface area is 124 Å². The fourth-order valence-corrected chi connectivity index (χ4v) is 2.15. The molecule has 0 spiro atoms. The second kappa shape index (κ2) is 5.14. The smallest absolute Gasteiger partial charge is 0.276 e. The van der Waals surface area contributed by atoms with E-state index in [2.05, 4.69) is 20.4 Å². The molecule has 9 heteroatoms. The van der Waals surface area contributed by atoms with Crippen molar-refractivity contribution in [3.8, 4) is 0 Å². The van der Waals surface area contributed by atoms with Crippen LogP contribution in [0, 0.1) is 5.95 Å². The van der Waals surface area contributed by atoms with Gasteiger partial charge in [-0.2, -0.15) is 9.49 Å². The maximum atomic E-state index is 13.0. The van der Waals surface area contributed by atoms with E-state index in [9.17, 15) is 9.18 Å². The second-order valence-electron chi connectivity index (χ2n) is 4.35. The van der Waals surface area contributed by atoms with Crippen LogP contribution in [0.25, 0.3) is 5.65 Å². The molecule has 0 unspecified atom stereocenters. The number of rotatable bonds is 2. The summed E-state index contributed by atoms with van der Waals surface area (Å²) >= 11 is 5.89. The average Bonchev–Trinajstić information content (AvgIpc) is 2.82. The number of anilines is 1. The van der Waals surface area contributed by atoms with Gasteiger partial charge in [0.05, 0.1) is 6.20 Å². The fourth-order valence-electron chi connectivity index (χ4n) is 1.91. The fraction of sp³-hybridized carbons (Fsp3) is 0. The van der Waals surface area contributed by atoms with Gasteiger partial charge in [-0.05, 0) is 17.6 Å². The molecule has 0 bridgehead atoms. The molecule has 21 heavy (non-hydrogen) atoms. The SMILES string of the molecule is Bc1cc(Cl)nn2c(C(=O)Nc3ccnc(F)c3)cnc12. The van der Waals surface area contributed by atoms with E-state index in [0.717, 1.165) is 11.5 Å². The number of hydrogen-bond acceptors (Lipinski definition) is 4. The van der Waals surface area contributed by atoms with Crippen LogP contribution in [0.15, 0.2) is 30.6 Å². The molecule has 6 nitrogen and oxygen atoms in total. The number of hydrogen-bond donors (Lipinski definition) is 1. The topological polar surface area (TPSA) is 72.2 Å². The molecule has 3 aromatic heterocycles. The minimum Gasteiger partial charge on any atom is -0.320 e. The quantitative estimate of drug-likeness (QED) is 0.550. The zero-order valence-electron chi connectivity index (χ0n) is 10.8. The van der Waals surface area contributed by atoms with E-state index in [1.807, 2.05) is 7.85 Å². The highest BCUT2D eigenvalue weighted by atomic mass is 35.5. The molecule has 1 amide bonds. The van der Waals surface area contributed by atoms with E-state index in [0.29, 0.717) is 11.3 Å². The molecule has 0 saturated heterocycles. The van der Waals surface area contributed by atoms with Crippen molar-refractivity contribution in [2.75, 3.05) is 5.32 Å². The standard InChI is InChI=1S/C12H8BClFN5O/c13-7-4-9(14)19-20-8(5-17-11(7)20)12(21)18-6-1-2-16-10(15)3-6/h1-5H,13H2,(H,16,18,21). The number of carbonyl (C=O) groups excluding carboxylic acids is 1. The summed E-state index contributed by atoms with van der Waals surface area (Å²) in [6, 6.07) is 4.26. The summed E-state index contributed by atoms with van der Waals surface area (Å²) in [6.07, 6.45) is 2.65. The van der Waals surface area contributed by atoms with Gasteiger partial charge in [0, 0.05) is 18.0 Å². The third-order valence-corrected chi connectivity index (χ3v) is 3.02. The zero-order valence-corrected chi connectivity index (χ0v) is 11.6. The average molecular weight is 303 g/mol. The molecule has 0 fully saturated rings. The Kier molecular flexibility index (Phi) is 3.30. The van der Waals surface area contributed by atoms with Crippen LogP contribution in [-0.2, 0) is 0 Å². The van der Waals surface area contributed by atoms with E-state index in [1.54, 1.807) is 6.07 Å². The van der Waals surface area contributed by atoms with Crippen LogP contribution >= 0.6 is 11.6 Å². The van der Waals surface area contributed by atoms with Gasteiger partial charge in [0.1, 0.15) is 18.6 Å². The first-order valence-corrected chi connectivity index (χ1v) is 6.36. The van der Waals surface area contributed by atoms with Crippen molar-refractivity contribution in [3.63, 3.8) is 0 Å². The van der Waals surface area contributed by atoms with Gasteiger partial charge in [0.25, 0.3) is 5.91 Å². The van der Waals surface area contributed by atoms with Gasteiger partial charge in [0.2, 0.25) is 5.95 Å². The summed E-state index contributed by atoms with van der Waals surface area (Å²) < 4.78 is 14.4. The third kappa shape index (κ3) is 2.57. The van der Waals surface area contributed by atoms with Gasteiger partial charge in [0.15, 0.2) is 5.69 Å². The molecule has 0 aliphatic carbocycles. The largest absolute Gasteiger partial charge is 0.320 e. The van der Waals surface area contributed by atoms with Gasteiger partial charge in [-0.15, -0.1) is 0 Å². The Morgan fingerprint density at radius 1 is 1.38 bits per heavy atom. The van der Waals surface area contributed by atoms with Gasteiger partial charge < -0.3 is 5.32 Å². The third-order valence-electron chi connectivity index (χ3n) is 2.84. The van der Waals surface area contributed by atoms with E-state index in [4.69, 9.17) is 11.6 Å². The summed E-state index contributed by atoms with van der Waals surface area (Å²) in [5.74, 6) is -1.15. The summed E-state index contributed by atoms with van der Waals surface area (Å²) in [6.45, 7) is 0. The Morgan fingerprint density at radius 3 is 2.95 bits per heavy atom. The highest BCUT2D eigenvalue weighted by Crippen LogP contribution is 2.11. The first-order valence-electron chi connectivity index (χ1n) is 5.98. The summed E-state index contributed by atoms with van der Waals surface area (Å²) in [4.78, 5) is 19.8. The molecule has 3 heterocycles. The highest BCUT2D eigenvalue weighted by Gasteiger charge is 2.15. The van der Waals surface area contributed by atoms with Crippen LogP contribution in [0.5, 0.6) is 0 Å². The van der Waals surface area contributed by atoms with Crippen molar-refractivity contribution in [1.82, 2.24) is 19.6 Å². The minimum atomic E-state index is -0.678. The summed E-state index contributed by atoms with van der Waals surface area (Å²) in [5, 5.41) is 6.85. The van der Waals surface area contributed by atoms with Crippen molar-refractivity contribution < 1.29 is 9.18 Å². The molecule has 0 aromatic carbocycles. The van der Waals surface area contributed by atoms with Crippen LogP contribution in [0.1, 0.15) is 10.5 Å². The molecule has 1 N–H and O–H groups in total. The van der Waals surface area contributed by atoms with Crippen LogP contribution in [0.3, 0.4) is 0 Å². The van der Waals surface area contributed by atoms with E-state index in [-0.39, 0.29) is 10.8 Å². The number of halogens is 2. The van der Waals surface area contributed by atoms with Gasteiger partial charge >= 0.3 is 0 Å². The molecular weight excluding hydrogens is 295 g/mol. The van der Waals surface area contributed by atoms with Gasteiger partial charge in [-0.1, -0.05) is 11.6 Å². The Morgan fingerprint density at radius 2 is 2.19 bits per heavy atom. The van der Waals surface area contributed by atoms with E-state index < -0.39 is 11.9 Å². The lowest BCUT2D eigenvalue weighted by Crippen LogP contribution is -2.18. The maximum absolute atomic E-state index is 13.0. The van der Waals surface area contributed by atoms with E-state index >= 15 is 0 Å². The van der Waals surface area contributed by atoms with Crippen molar-refractivity contribution in [3.05, 3.63) is 47.4 Å². The molecule has 0 aliphatic heterocycles. The lowest BCUT2D eigenvalue weighted by atomic mass is 9.99. The van der Waals surface area contributed by atoms with Crippen molar-refractivity contribution in [2.45, 2.75) is 0 Å². The maximum Gasteiger partial charge on any atom is 0.276 e. The van der Waals surface area contributed by atoms with Crippen LogP contribution < -0.4 is 10.8 Å². The Hall–Kier alpha value is -2.48. The number of aromatic nitrogens is 4. The number of imidazole rings is 1. The number of amides is 1. The Balaban J connectivity index is 1.99. The zero-order chi connectivity index (χ0) is 15.0. The van der Waals surface area contributed by atoms with Crippen molar-refractivity contribution in [2.24, 2.45) is 0 Å². The van der Waals surface area contributed by atoms with Gasteiger partial charge in [-0.3, -0.25) is 4.79 Å². The summed E-state index contributed by atoms with van der Waals surface area (Å²) in [7, 11) is 1.82. The molecule has 0 atom stereocenters. The van der Waals surface area contributed by atoms with E-state index in [1.165, 1.54) is 23.0 Å². The molecule has 0 aliphatic rings. The molecule has 0 saturated carbocycles. The van der Waals surface area contributed by atoms with Crippen molar-refractivity contribution in [1.29, 1.82) is 0 Å². The number of nitrogens with one attached hydrogen (secondary N) is 1. The molecule has 0 radical (unpaired) electrons. The number of nitrogens with zero attached hydrogens (tertiary/aromatic N) is 4. The predicted octanol–water partition coefficient (Wildman–Crippen LogP) is 0.427. The number of fused-ring (bicyclic) bond motifs is 1. The first-order chi connectivity index (χ1) is 10.0. The highest BCUT2D eigenvalue weighted by molar-refractivity contribution is 6.38. The van der Waals surface area contributed by atoms with Gasteiger partial charge in [-0.25, -0.2) is 14.5 Å². The first kappa shape index (κ1) is 13.5. The lowest BCUT2D eigenvalue weighted by molar-refractivity contribution is 0.102. The molecular formula is C12H8BClFN5O. The van der Waals surface area contributed by atoms with Crippen LogP contribution in [0.4, 0.5) is 10.1 Å². The van der Waals surface area contributed by atoms with Crippen LogP contribution in [0.2, 0.25) is 5.15 Å². The second-order valence-corrected chi connectivity index (χ2v) is 4.74. The number of carbonyl (C=O) groups is 1. The van der Waals surface area contributed by atoms with Crippen LogP contribution in [-0.4, -0.2) is 33.3 Å². The lowest BCUT2D eigenvalue weighted by Gasteiger charge is -2.05. The molecule has 3 aromatic rings. The normalized spacial score (nSPS) is 10.8. The molecule has 104 valence electrons. The monoisotopic (exact) mass is 303 g/mol. The Bertz CT molecular complexity index is 853.